The fourth-order valence-electron chi connectivity index (χ4n) is 5.64. The predicted molar refractivity (Wildman–Crippen MR) is 161 cm³/mol. The second-order valence-electron chi connectivity index (χ2n) is 11.4. The van der Waals surface area contributed by atoms with E-state index >= 15 is 0 Å². The Balaban J connectivity index is 1.47. The van der Waals surface area contributed by atoms with Crippen molar-refractivity contribution in [2.45, 2.75) is 50.5 Å². The SMILES string of the molecule is CC(CNCc1ccc(C(F)(F)F)nc1N1CCC(c2ccccc2)(N(C)C)CC1)c1ccc(CNS(C)(=O)=O)c(F)c1. The molecule has 1 fully saturated rings. The van der Waals surface area contributed by atoms with Crippen LogP contribution in [-0.4, -0.2) is 58.3 Å². The molecule has 2 aromatic carbocycles. The van der Waals surface area contributed by atoms with Crippen LogP contribution in [0.15, 0.2) is 60.7 Å². The monoisotopic (exact) mass is 621 g/mol. The van der Waals surface area contributed by atoms with Crippen LogP contribution in [-0.2, 0) is 34.8 Å². The number of sulfonamides is 1. The molecule has 1 aromatic heterocycles. The molecule has 1 atom stereocenters. The van der Waals surface area contributed by atoms with Crippen molar-refractivity contribution in [3.05, 3.63) is 94.4 Å². The van der Waals surface area contributed by atoms with Crippen molar-refractivity contribution >= 4 is 15.8 Å². The van der Waals surface area contributed by atoms with Gasteiger partial charge in [-0.25, -0.2) is 22.5 Å². The summed E-state index contributed by atoms with van der Waals surface area (Å²) in [6.45, 7) is 3.60. The van der Waals surface area contributed by atoms with Gasteiger partial charge in [-0.2, -0.15) is 13.2 Å². The molecule has 0 spiro atoms. The molecule has 43 heavy (non-hydrogen) atoms. The molecule has 0 saturated carbocycles. The molecule has 1 aliphatic heterocycles. The standard InChI is InChI=1S/C31H39F4N5O2S/c1-22(23-10-11-24(27(32)18-23)21-37-43(4,41)42)19-36-20-25-12-13-28(31(33,34)35)38-29(25)40-16-14-30(15-17-40,39(2)3)26-8-6-5-7-9-26/h5-13,18,22,36-37H,14-17,19-21H2,1-4H3. The number of anilines is 1. The van der Waals surface area contributed by atoms with Crippen LogP contribution >= 0.6 is 0 Å². The highest BCUT2D eigenvalue weighted by Gasteiger charge is 2.39. The van der Waals surface area contributed by atoms with E-state index in [1.807, 2.05) is 44.1 Å². The number of alkyl halides is 3. The van der Waals surface area contributed by atoms with E-state index in [0.29, 0.717) is 31.0 Å². The molecular weight excluding hydrogens is 582 g/mol. The van der Waals surface area contributed by atoms with Crippen LogP contribution in [0.5, 0.6) is 0 Å². The number of hydrogen-bond donors (Lipinski definition) is 2. The lowest BCUT2D eigenvalue weighted by atomic mass is 9.79. The quantitative estimate of drug-likeness (QED) is 0.286. The third-order valence-electron chi connectivity index (χ3n) is 8.24. The van der Waals surface area contributed by atoms with Gasteiger partial charge in [0, 0.05) is 49.4 Å². The maximum Gasteiger partial charge on any atom is 0.433 e. The molecule has 12 heteroatoms. The maximum atomic E-state index is 14.6. The van der Waals surface area contributed by atoms with Gasteiger partial charge in [-0.3, -0.25) is 4.90 Å². The van der Waals surface area contributed by atoms with Gasteiger partial charge in [0.1, 0.15) is 17.3 Å². The van der Waals surface area contributed by atoms with E-state index < -0.39 is 27.7 Å². The van der Waals surface area contributed by atoms with Crippen LogP contribution in [0, 0.1) is 5.82 Å². The molecule has 3 aromatic rings. The number of piperidine rings is 1. The van der Waals surface area contributed by atoms with Crippen molar-refractivity contribution in [1.82, 2.24) is 19.9 Å². The zero-order valence-electron chi connectivity index (χ0n) is 24.9. The van der Waals surface area contributed by atoms with Crippen LogP contribution in [0.2, 0.25) is 0 Å². The first-order valence-electron chi connectivity index (χ1n) is 14.2. The van der Waals surface area contributed by atoms with E-state index in [-0.39, 0.29) is 30.1 Å². The van der Waals surface area contributed by atoms with Crippen molar-refractivity contribution in [3.8, 4) is 0 Å². The molecule has 0 radical (unpaired) electrons. The molecule has 7 nitrogen and oxygen atoms in total. The molecule has 1 aliphatic rings. The normalized spacial score (nSPS) is 16.4. The molecule has 234 valence electrons. The molecule has 1 saturated heterocycles. The van der Waals surface area contributed by atoms with Gasteiger partial charge in [0.05, 0.1) is 6.26 Å². The molecule has 0 aliphatic carbocycles. The van der Waals surface area contributed by atoms with E-state index in [9.17, 15) is 26.0 Å². The lowest BCUT2D eigenvalue weighted by Gasteiger charge is -2.47. The van der Waals surface area contributed by atoms with E-state index in [4.69, 9.17) is 0 Å². The summed E-state index contributed by atoms with van der Waals surface area (Å²) in [5.41, 5.74) is 1.65. The summed E-state index contributed by atoms with van der Waals surface area (Å²) in [7, 11) is 0.622. The average Bonchev–Trinajstić information content (AvgIpc) is 2.96. The van der Waals surface area contributed by atoms with E-state index in [0.717, 1.165) is 30.7 Å². The molecule has 4 rings (SSSR count). The minimum Gasteiger partial charge on any atom is -0.356 e. The molecule has 1 unspecified atom stereocenters. The zero-order chi connectivity index (χ0) is 31.4. The predicted octanol–water partition coefficient (Wildman–Crippen LogP) is 5.24. The number of nitrogens with zero attached hydrogens (tertiary/aromatic N) is 3. The van der Waals surface area contributed by atoms with Crippen molar-refractivity contribution in [2.75, 3.05) is 44.9 Å². The van der Waals surface area contributed by atoms with Gasteiger partial charge in [-0.15, -0.1) is 0 Å². The first-order valence-corrected chi connectivity index (χ1v) is 16.1. The first kappa shape index (κ1) is 32.8. The summed E-state index contributed by atoms with van der Waals surface area (Å²) in [4.78, 5) is 8.23. The van der Waals surface area contributed by atoms with Crippen molar-refractivity contribution in [3.63, 3.8) is 0 Å². The third kappa shape index (κ3) is 8.11. The smallest absolute Gasteiger partial charge is 0.356 e. The van der Waals surface area contributed by atoms with Gasteiger partial charge < -0.3 is 10.2 Å². The Morgan fingerprint density at radius 2 is 1.65 bits per heavy atom. The van der Waals surface area contributed by atoms with Crippen LogP contribution in [0.25, 0.3) is 0 Å². The van der Waals surface area contributed by atoms with E-state index in [2.05, 4.69) is 32.1 Å². The molecule has 2 heterocycles. The Morgan fingerprint density at radius 1 is 1.00 bits per heavy atom. The molecule has 0 amide bonds. The largest absolute Gasteiger partial charge is 0.433 e. The van der Waals surface area contributed by atoms with Gasteiger partial charge in [0.25, 0.3) is 0 Å². The van der Waals surface area contributed by atoms with Gasteiger partial charge >= 0.3 is 6.18 Å². The number of halogens is 4. The van der Waals surface area contributed by atoms with Crippen LogP contribution in [0.1, 0.15) is 53.6 Å². The highest BCUT2D eigenvalue weighted by Crippen LogP contribution is 2.39. The fourth-order valence-corrected chi connectivity index (χ4v) is 6.06. The van der Waals surface area contributed by atoms with Crippen LogP contribution in [0.3, 0.4) is 0 Å². The van der Waals surface area contributed by atoms with E-state index in [1.54, 1.807) is 12.1 Å². The number of benzene rings is 2. The second-order valence-corrected chi connectivity index (χ2v) is 13.3. The number of aromatic nitrogens is 1. The number of nitrogens with one attached hydrogen (secondary N) is 2. The van der Waals surface area contributed by atoms with Crippen molar-refractivity contribution < 1.29 is 26.0 Å². The van der Waals surface area contributed by atoms with Crippen LogP contribution < -0.4 is 14.9 Å². The maximum absolute atomic E-state index is 14.6. The average molecular weight is 622 g/mol. The Hall–Kier alpha value is -3.06. The molecule has 2 N–H and O–H groups in total. The van der Waals surface area contributed by atoms with Gasteiger partial charge in [-0.05, 0) is 56.1 Å². The van der Waals surface area contributed by atoms with E-state index in [1.165, 1.54) is 17.7 Å². The fraction of sp³-hybridized carbons (Fsp3) is 0.452. The summed E-state index contributed by atoms with van der Waals surface area (Å²) in [5, 5.41) is 3.31. The first-order chi connectivity index (χ1) is 20.2. The number of pyridine rings is 1. The van der Waals surface area contributed by atoms with Crippen LogP contribution in [0.4, 0.5) is 23.4 Å². The lowest BCUT2D eigenvalue weighted by molar-refractivity contribution is -0.141. The Labute approximate surface area is 251 Å². The van der Waals surface area contributed by atoms with Gasteiger partial charge in [-0.1, -0.05) is 55.5 Å². The lowest BCUT2D eigenvalue weighted by Crippen LogP contribution is -2.51. The highest BCUT2D eigenvalue weighted by molar-refractivity contribution is 7.88. The third-order valence-corrected chi connectivity index (χ3v) is 8.91. The minimum absolute atomic E-state index is 0.112. The summed E-state index contributed by atoms with van der Waals surface area (Å²) in [6, 6.07) is 17.4. The molecular formula is C31H39F4N5O2S. The minimum atomic E-state index is -4.56. The number of rotatable bonds is 11. The summed E-state index contributed by atoms with van der Waals surface area (Å²) >= 11 is 0. The Kier molecular flexibility index (Phi) is 10.2. The van der Waals surface area contributed by atoms with Gasteiger partial charge in [0.15, 0.2) is 0 Å². The van der Waals surface area contributed by atoms with Crippen molar-refractivity contribution in [2.24, 2.45) is 0 Å². The highest BCUT2D eigenvalue weighted by atomic mass is 32.2. The zero-order valence-corrected chi connectivity index (χ0v) is 25.7. The Morgan fingerprint density at radius 3 is 2.23 bits per heavy atom. The summed E-state index contributed by atoms with van der Waals surface area (Å²) in [5.74, 6) is -0.299. The van der Waals surface area contributed by atoms with Gasteiger partial charge in [0.2, 0.25) is 10.0 Å². The summed E-state index contributed by atoms with van der Waals surface area (Å²) < 4.78 is 80.5. The topological polar surface area (TPSA) is 77.6 Å². The summed E-state index contributed by atoms with van der Waals surface area (Å²) in [6.07, 6.45) is -2.09. The Bertz CT molecular complexity index is 1490. The number of hydrogen-bond acceptors (Lipinski definition) is 6. The second kappa shape index (κ2) is 13.3. The molecule has 0 bridgehead atoms. The van der Waals surface area contributed by atoms with Crippen molar-refractivity contribution in [1.29, 1.82) is 0 Å².